The maximum Gasteiger partial charge on any atom is 0.359 e. The van der Waals surface area contributed by atoms with Gasteiger partial charge in [-0.25, -0.2) is 0 Å². The molecule has 1 aliphatic carbocycles. The first kappa shape index (κ1) is 10.9. The Labute approximate surface area is 85.1 Å². The SMILES string of the molecule is COC1([N+](=O)[O-])C=CC=CC1C(=O)Cl. The summed E-state index contributed by atoms with van der Waals surface area (Å²) in [4.78, 5) is 21.1. The van der Waals surface area contributed by atoms with E-state index in [-0.39, 0.29) is 0 Å². The van der Waals surface area contributed by atoms with Crippen LogP contribution in [-0.4, -0.2) is 23.0 Å². The van der Waals surface area contributed by atoms with Crippen molar-refractivity contribution in [1.29, 1.82) is 0 Å². The summed E-state index contributed by atoms with van der Waals surface area (Å²) in [6.07, 6.45) is 5.52. The molecule has 1 aliphatic rings. The van der Waals surface area contributed by atoms with Gasteiger partial charge in [0.05, 0.1) is 4.92 Å². The van der Waals surface area contributed by atoms with Gasteiger partial charge in [0.1, 0.15) is 0 Å². The van der Waals surface area contributed by atoms with Gasteiger partial charge in [-0.3, -0.25) is 14.9 Å². The molecule has 0 radical (unpaired) electrons. The number of methoxy groups -OCH3 is 1. The van der Waals surface area contributed by atoms with Crippen LogP contribution in [0.1, 0.15) is 0 Å². The fraction of sp³-hybridized carbons (Fsp3) is 0.375. The van der Waals surface area contributed by atoms with Gasteiger partial charge in [0.25, 0.3) is 0 Å². The van der Waals surface area contributed by atoms with Crippen molar-refractivity contribution in [2.75, 3.05) is 7.11 Å². The maximum absolute atomic E-state index is 11.0. The minimum absolute atomic E-state index is 0.669. The van der Waals surface area contributed by atoms with Crippen molar-refractivity contribution in [2.24, 2.45) is 5.92 Å². The monoisotopic (exact) mass is 217 g/mol. The molecule has 14 heavy (non-hydrogen) atoms. The summed E-state index contributed by atoms with van der Waals surface area (Å²) in [5.74, 6) is -1.09. The molecule has 0 spiro atoms. The number of nitrogens with zero attached hydrogens (tertiary/aromatic N) is 1. The van der Waals surface area contributed by atoms with E-state index in [2.05, 4.69) is 0 Å². The van der Waals surface area contributed by atoms with E-state index in [1.165, 1.54) is 31.4 Å². The Balaban J connectivity index is 3.15. The number of ether oxygens (including phenoxy) is 1. The van der Waals surface area contributed by atoms with E-state index < -0.39 is 21.8 Å². The molecule has 0 N–H and O–H groups in total. The molecule has 0 aromatic carbocycles. The first-order valence-electron chi connectivity index (χ1n) is 3.79. The number of hydrogen-bond acceptors (Lipinski definition) is 4. The standard InChI is InChI=1S/C8H8ClNO4/c1-14-8(10(12)13)5-3-2-4-6(8)7(9)11/h2-6H,1H3. The molecule has 0 aliphatic heterocycles. The van der Waals surface area contributed by atoms with Crippen LogP contribution in [0.4, 0.5) is 0 Å². The molecule has 0 amide bonds. The lowest BCUT2D eigenvalue weighted by Crippen LogP contribution is -2.48. The van der Waals surface area contributed by atoms with E-state index in [0.717, 1.165) is 0 Å². The molecule has 0 saturated carbocycles. The summed E-state index contributed by atoms with van der Waals surface area (Å²) in [7, 11) is 1.17. The quantitative estimate of drug-likeness (QED) is 0.307. The highest BCUT2D eigenvalue weighted by Gasteiger charge is 2.52. The summed E-state index contributed by atoms with van der Waals surface area (Å²) in [6.45, 7) is 0. The van der Waals surface area contributed by atoms with E-state index >= 15 is 0 Å². The minimum Gasteiger partial charge on any atom is -0.314 e. The molecule has 0 saturated heterocycles. The van der Waals surface area contributed by atoms with Crippen LogP contribution < -0.4 is 0 Å². The lowest BCUT2D eigenvalue weighted by Gasteiger charge is -2.25. The molecular formula is C8H8ClNO4. The molecule has 0 bridgehead atoms. The Morgan fingerprint density at radius 3 is 2.64 bits per heavy atom. The third-order valence-electron chi connectivity index (χ3n) is 2.05. The van der Waals surface area contributed by atoms with Gasteiger partial charge in [-0.1, -0.05) is 18.2 Å². The molecule has 2 unspecified atom stereocenters. The summed E-state index contributed by atoms with van der Waals surface area (Å²) < 4.78 is 4.77. The lowest BCUT2D eigenvalue weighted by molar-refractivity contribution is -0.616. The Kier molecular flexibility index (Phi) is 3.03. The molecule has 0 fully saturated rings. The molecule has 0 aromatic rings. The lowest BCUT2D eigenvalue weighted by atomic mass is 9.92. The van der Waals surface area contributed by atoms with Crippen LogP contribution in [0.15, 0.2) is 24.3 Å². The Bertz CT molecular complexity index is 325. The fourth-order valence-corrected chi connectivity index (χ4v) is 1.52. The maximum atomic E-state index is 11.0. The fourth-order valence-electron chi connectivity index (χ4n) is 1.29. The normalized spacial score (nSPS) is 30.3. The molecule has 0 heterocycles. The van der Waals surface area contributed by atoms with E-state index in [1.807, 2.05) is 0 Å². The number of allylic oxidation sites excluding steroid dienone is 2. The van der Waals surface area contributed by atoms with Crippen molar-refractivity contribution in [3.8, 4) is 0 Å². The topological polar surface area (TPSA) is 69.4 Å². The van der Waals surface area contributed by atoms with E-state index in [4.69, 9.17) is 16.3 Å². The highest BCUT2D eigenvalue weighted by atomic mass is 35.5. The highest BCUT2D eigenvalue weighted by Crippen LogP contribution is 2.30. The smallest absolute Gasteiger partial charge is 0.314 e. The van der Waals surface area contributed by atoms with Crippen LogP contribution in [0.3, 0.4) is 0 Å². The van der Waals surface area contributed by atoms with Crippen molar-refractivity contribution >= 4 is 16.8 Å². The van der Waals surface area contributed by atoms with Crippen molar-refractivity contribution in [3.63, 3.8) is 0 Å². The van der Waals surface area contributed by atoms with Crippen molar-refractivity contribution in [1.82, 2.24) is 0 Å². The number of nitro groups is 1. The Hall–Kier alpha value is -1.20. The number of hydrogen-bond donors (Lipinski definition) is 0. The molecular weight excluding hydrogens is 210 g/mol. The third kappa shape index (κ3) is 1.56. The molecule has 6 heteroatoms. The van der Waals surface area contributed by atoms with E-state index in [1.54, 1.807) is 0 Å². The van der Waals surface area contributed by atoms with Crippen LogP contribution in [-0.2, 0) is 9.53 Å². The number of carbonyl (C=O) groups excluding carboxylic acids is 1. The first-order valence-corrected chi connectivity index (χ1v) is 4.17. The van der Waals surface area contributed by atoms with Gasteiger partial charge in [0.15, 0.2) is 5.92 Å². The van der Waals surface area contributed by atoms with Crippen LogP contribution in [0.2, 0.25) is 0 Å². The summed E-state index contributed by atoms with van der Waals surface area (Å²) in [5.41, 5.74) is -1.87. The van der Waals surface area contributed by atoms with Crippen LogP contribution >= 0.6 is 11.6 Å². The van der Waals surface area contributed by atoms with Gasteiger partial charge in [0, 0.05) is 13.2 Å². The van der Waals surface area contributed by atoms with Gasteiger partial charge in [-0.05, 0) is 11.6 Å². The highest BCUT2D eigenvalue weighted by molar-refractivity contribution is 6.64. The average molecular weight is 218 g/mol. The van der Waals surface area contributed by atoms with Crippen LogP contribution in [0.5, 0.6) is 0 Å². The molecule has 76 valence electrons. The van der Waals surface area contributed by atoms with Crippen LogP contribution in [0, 0.1) is 16.0 Å². The zero-order valence-corrected chi connectivity index (χ0v) is 8.10. The first-order chi connectivity index (χ1) is 6.54. The second-order valence-electron chi connectivity index (χ2n) is 2.74. The zero-order valence-electron chi connectivity index (χ0n) is 7.34. The summed E-state index contributed by atoms with van der Waals surface area (Å²) in [6, 6.07) is 0. The second-order valence-corrected chi connectivity index (χ2v) is 3.11. The van der Waals surface area contributed by atoms with Gasteiger partial charge in [-0.15, -0.1) is 0 Å². The van der Waals surface area contributed by atoms with Crippen molar-refractivity contribution in [2.45, 2.75) is 5.72 Å². The molecule has 1 rings (SSSR count). The molecule has 2 atom stereocenters. The van der Waals surface area contributed by atoms with Gasteiger partial charge < -0.3 is 4.74 Å². The second kappa shape index (κ2) is 3.89. The number of halogens is 1. The molecule has 0 aromatic heterocycles. The van der Waals surface area contributed by atoms with Crippen LogP contribution in [0.25, 0.3) is 0 Å². The average Bonchev–Trinajstić information content (AvgIpc) is 2.17. The van der Waals surface area contributed by atoms with Gasteiger partial charge >= 0.3 is 5.72 Å². The zero-order chi connectivity index (χ0) is 10.8. The Morgan fingerprint density at radius 1 is 1.64 bits per heavy atom. The largest absolute Gasteiger partial charge is 0.359 e. The van der Waals surface area contributed by atoms with Gasteiger partial charge in [-0.2, -0.15) is 0 Å². The van der Waals surface area contributed by atoms with Gasteiger partial charge in [0.2, 0.25) is 5.24 Å². The Morgan fingerprint density at radius 2 is 2.29 bits per heavy atom. The molecule has 5 nitrogen and oxygen atoms in total. The van der Waals surface area contributed by atoms with Crippen molar-refractivity contribution in [3.05, 3.63) is 34.4 Å². The summed E-state index contributed by atoms with van der Waals surface area (Å²) in [5, 5.41) is 9.99. The van der Waals surface area contributed by atoms with Crippen molar-refractivity contribution < 1.29 is 14.5 Å². The van der Waals surface area contributed by atoms with E-state index in [0.29, 0.717) is 0 Å². The number of rotatable bonds is 3. The predicted octanol–water partition coefficient (Wildman–Crippen LogP) is 1.11. The summed E-state index contributed by atoms with van der Waals surface area (Å²) >= 11 is 5.26. The number of carbonyl (C=O) groups is 1. The third-order valence-corrected chi connectivity index (χ3v) is 2.29. The minimum atomic E-state index is -1.87. The van der Waals surface area contributed by atoms with E-state index in [9.17, 15) is 14.9 Å². The predicted molar refractivity (Wildman–Crippen MR) is 49.4 cm³/mol.